The van der Waals surface area contributed by atoms with Crippen LogP contribution in [0.5, 0.6) is 0 Å². The Morgan fingerprint density at radius 1 is 1.57 bits per heavy atom. The van der Waals surface area contributed by atoms with E-state index in [0.29, 0.717) is 12.3 Å². The Morgan fingerprint density at radius 2 is 2.43 bits per heavy atom. The van der Waals surface area contributed by atoms with E-state index in [0.717, 1.165) is 32.5 Å². The van der Waals surface area contributed by atoms with E-state index in [-0.39, 0.29) is 11.5 Å². The van der Waals surface area contributed by atoms with Gasteiger partial charge in [-0.05, 0) is 38.3 Å². The maximum absolute atomic E-state index is 11.6. The van der Waals surface area contributed by atoms with Crippen LogP contribution < -0.4 is 5.32 Å². The van der Waals surface area contributed by atoms with Gasteiger partial charge in [0.1, 0.15) is 5.60 Å². The average molecular weight is 196 g/mol. The lowest BCUT2D eigenvalue weighted by Gasteiger charge is -2.19. The van der Waals surface area contributed by atoms with Gasteiger partial charge in [0.05, 0.1) is 13.0 Å². The Hall–Kier alpha value is -0.610. The predicted octanol–water partition coefficient (Wildman–Crippen LogP) is 0.292. The number of amides is 1. The van der Waals surface area contributed by atoms with Gasteiger partial charge >= 0.3 is 0 Å². The molecule has 1 atom stereocenters. The van der Waals surface area contributed by atoms with E-state index in [1.54, 1.807) is 5.06 Å². The van der Waals surface area contributed by atoms with Crippen LogP contribution in [0, 0.1) is 5.92 Å². The summed E-state index contributed by atoms with van der Waals surface area (Å²) in [5.74, 6) is 0.780. The Balaban J connectivity index is 1.59. The normalized spacial score (nSPS) is 34.4. The Bertz CT molecular complexity index is 257. The van der Waals surface area contributed by atoms with Crippen LogP contribution in [0.3, 0.4) is 0 Å². The monoisotopic (exact) mass is 196 g/mol. The summed E-state index contributed by atoms with van der Waals surface area (Å²) in [6.07, 6.45) is 3.92. The van der Waals surface area contributed by atoms with Crippen molar-refractivity contribution < 1.29 is 9.63 Å². The maximum Gasteiger partial charge on any atom is 0.249 e. The summed E-state index contributed by atoms with van der Waals surface area (Å²) < 4.78 is 0. The number of nitrogens with zero attached hydrogens (tertiary/aromatic N) is 1. The molecule has 0 bridgehead atoms. The number of hydrogen-bond donors (Lipinski definition) is 1. The molecule has 1 unspecified atom stereocenters. The van der Waals surface area contributed by atoms with Gasteiger partial charge in [0, 0.05) is 0 Å². The number of rotatable bonds is 2. The van der Waals surface area contributed by atoms with Crippen molar-refractivity contribution in [1.82, 2.24) is 10.4 Å². The molecule has 0 aromatic rings. The van der Waals surface area contributed by atoms with Crippen molar-refractivity contribution in [2.45, 2.75) is 31.3 Å². The fourth-order valence-corrected chi connectivity index (χ4v) is 2.33. The second-order valence-corrected chi connectivity index (χ2v) is 4.76. The molecule has 0 aromatic heterocycles. The lowest BCUT2D eigenvalue weighted by molar-refractivity contribution is -0.181. The van der Waals surface area contributed by atoms with Gasteiger partial charge in [-0.25, -0.2) is 5.06 Å². The SMILES string of the molecule is O=C1CC2(CC2)ON1CC1CCNC1. The fraction of sp³-hybridized carbons (Fsp3) is 0.900. The third-order valence-electron chi connectivity index (χ3n) is 3.45. The van der Waals surface area contributed by atoms with E-state index >= 15 is 0 Å². The van der Waals surface area contributed by atoms with Gasteiger partial charge in [-0.2, -0.15) is 0 Å². The topological polar surface area (TPSA) is 41.6 Å². The highest BCUT2D eigenvalue weighted by molar-refractivity contribution is 5.78. The largest absolute Gasteiger partial charge is 0.316 e. The molecule has 4 heteroatoms. The van der Waals surface area contributed by atoms with E-state index in [2.05, 4.69) is 5.32 Å². The predicted molar refractivity (Wildman–Crippen MR) is 50.4 cm³/mol. The molecule has 1 spiro atoms. The van der Waals surface area contributed by atoms with Crippen LogP contribution in [-0.2, 0) is 9.63 Å². The fourth-order valence-electron chi connectivity index (χ4n) is 2.33. The smallest absolute Gasteiger partial charge is 0.249 e. The highest BCUT2D eigenvalue weighted by Crippen LogP contribution is 2.47. The highest BCUT2D eigenvalue weighted by Gasteiger charge is 2.54. The Kier molecular flexibility index (Phi) is 1.82. The molecule has 0 radical (unpaired) electrons. The van der Waals surface area contributed by atoms with Crippen LogP contribution in [0.1, 0.15) is 25.7 Å². The van der Waals surface area contributed by atoms with E-state index in [4.69, 9.17) is 4.84 Å². The van der Waals surface area contributed by atoms with Gasteiger partial charge < -0.3 is 5.32 Å². The third kappa shape index (κ3) is 1.42. The van der Waals surface area contributed by atoms with Crippen molar-refractivity contribution in [2.75, 3.05) is 19.6 Å². The zero-order valence-corrected chi connectivity index (χ0v) is 8.29. The van der Waals surface area contributed by atoms with Gasteiger partial charge in [0.25, 0.3) is 0 Å². The van der Waals surface area contributed by atoms with Crippen LogP contribution in [0.4, 0.5) is 0 Å². The second kappa shape index (κ2) is 2.94. The van der Waals surface area contributed by atoms with Crippen molar-refractivity contribution in [3.8, 4) is 0 Å². The van der Waals surface area contributed by atoms with Gasteiger partial charge in [-0.15, -0.1) is 0 Å². The number of hydroxylamine groups is 2. The Labute approximate surface area is 83.5 Å². The highest BCUT2D eigenvalue weighted by atomic mass is 16.7. The number of carbonyl (C=O) groups excluding carboxylic acids is 1. The van der Waals surface area contributed by atoms with Crippen molar-refractivity contribution in [2.24, 2.45) is 5.92 Å². The minimum Gasteiger partial charge on any atom is -0.316 e. The first-order chi connectivity index (χ1) is 6.77. The number of carbonyl (C=O) groups is 1. The molecule has 1 N–H and O–H groups in total. The summed E-state index contributed by atoms with van der Waals surface area (Å²) in [6, 6.07) is 0. The van der Waals surface area contributed by atoms with Crippen LogP contribution in [0.2, 0.25) is 0 Å². The molecular weight excluding hydrogens is 180 g/mol. The molecule has 3 fully saturated rings. The summed E-state index contributed by atoms with van der Waals surface area (Å²) in [6.45, 7) is 2.89. The van der Waals surface area contributed by atoms with Crippen molar-refractivity contribution >= 4 is 5.91 Å². The number of nitrogens with one attached hydrogen (secondary N) is 1. The molecule has 2 aliphatic heterocycles. The van der Waals surface area contributed by atoms with E-state index in [9.17, 15) is 4.79 Å². The molecule has 4 nitrogen and oxygen atoms in total. The molecule has 14 heavy (non-hydrogen) atoms. The molecule has 2 saturated heterocycles. The summed E-state index contributed by atoms with van der Waals surface area (Å²) in [5.41, 5.74) is -0.0525. The summed E-state index contributed by atoms with van der Waals surface area (Å²) in [5, 5.41) is 4.92. The zero-order valence-electron chi connectivity index (χ0n) is 8.29. The lowest BCUT2D eigenvalue weighted by Crippen LogP contribution is -2.31. The molecule has 1 saturated carbocycles. The molecule has 1 amide bonds. The van der Waals surface area contributed by atoms with Crippen molar-refractivity contribution in [3.63, 3.8) is 0 Å². The van der Waals surface area contributed by atoms with Gasteiger partial charge in [-0.1, -0.05) is 0 Å². The summed E-state index contributed by atoms with van der Waals surface area (Å²) in [4.78, 5) is 17.3. The minimum absolute atomic E-state index is 0.0525. The molecular formula is C10H16N2O2. The first-order valence-electron chi connectivity index (χ1n) is 5.48. The molecule has 1 aliphatic carbocycles. The lowest BCUT2D eigenvalue weighted by atomic mass is 10.1. The standard InChI is InChI=1S/C10H16N2O2/c13-9-5-10(2-3-10)14-12(9)7-8-1-4-11-6-8/h8,11H,1-7H2. The summed E-state index contributed by atoms with van der Waals surface area (Å²) >= 11 is 0. The van der Waals surface area contributed by atoms with E-state index in [1.807, 2.05) is 0 Å². The quantitative estimate of drug-likeness (QED) is 0.690. The second-order valence-electron chi connectivity index (χ2n) is 4.76. The van der Waals surface area contributed by atoms with Crippen LogP contribution in [0.25, 0.3) is 0 Å². The van der Waals surface area contributed by atoms with Crippen molar-refractivity contribution in [1.29, 1.82) is 0 Å². The molecule has 78 valence electrons. The third-order valence-corrected chi connectivity index (χ3v) is 3.45. The molecule has 2 heterocycles. The molecule has 3 aliphatic rings. The van der Waals surface area contributed by atoms with Crippen molar-refractivity contribution in [3.05, 3.63) is 0 Å². The first kappa shape index (κ1) is 8.68. The van der Waals surface area contributed by atoms with Crippen LogP contribution in [-0.4, -0.2) is 36.2 Å². The van der Waals surface area contributed by atoms with Gasteiger partial charge in [0.15, 0.2) is 0 Å². The van der Waals surface area contributed by atoms with Gasteiger partial charge in [-0.3, -0.25) is 9.63 Å². The van der Waals surface area contributed by atoms with Crippen LogP contribution in [0.15, 0.2) is 0 Å². The number of hydrogen-bond acceptors (Lipinski definition) is 3. The summed E-state index contributed by atoms with van der Waals surface area (Å²) in [7, 11) is 0. The maximum atomic E-state index is 11.6. The molecule has 3 rings (SSSR count). The molecule has 0 aromatic carbocycles. The average Bonchev–Trinajstić information content (AvgIpc) is 2.62. The first-order valence-corrected chi connectivity index (χ1v) is 5.48. The van der Waals surface area contributed by atoms with E-state index < -0.39 is 0 Å². The minimum atomic E-state index is -0.0525. The van der Waals surface area contributed by atoms with Crippen LogP contribution >= 0.6 is 0 Å². The van der Waals surface area contributed by atoms with Gasteiger partial charge in [0.2, 0.25) is 5.91 Å². The Morgan fingerprint density at radius 3 is 3.00 bits per heavy atom. The zero-order chi connectivity index (χ0) is 9.60. The van der Waals surface area contributed by atoms with E-state index in [1.165, 1.54) is 6.42 Å².